The van der Waals surface area contributed by atoms with Crippen molar-refractivity contribution in [3.8, 4) is 6.07 Å². The van der Waals surface area contributed by atoms with Crippen molar-refractivity contribution in [3.63, 3.8) is 0 Å². The Morgan fingerprint density at radius 2 is 1.96 bits per heavy atom. The van der Waals surface area contributed by atoms with Crippen molar-refractivity contribution < 1.29 is 19.1 Å². The van der Waals surface area contributed by atoms with Crippen LogP contribution in [-0.4, -0.2) is 21.6 Å². The Hall–Kier alpha value is -3.92. The number of fused-ring (bicyclic) bond motifs is 1. The lowest BCUT2D eigenvalue weighted by Gasteiger charge is -2.03. The number of carboxylic acids is 1. The molecule has 0 bridgehead atoms. The van der Waals surface area contributed by atoms with Crippen LogP contribution in [0.2, 0.25) is 0 Å². The van der Waals surface area contributed by atoms with E-state index < -0.39 is 17.7 Å². The molecule has 0 spiro atoms. The molecule has 0 fully saturated rings. The maximum absolute atomic E-state index is 13.7. The summed E-state index contributed by atoms with van der Waals surface area (Å²) in [7, 11) is 0. The van der Waals surface area contributed by atoms with Crippen LogP contribution in [0.25, 0.3) is 17.0 Å². The number of carbonyl (C=O) groups excluding carboxylic acids is 1. The van der Waals surface area contributed by atoms with Crippen molar-refractivity contribution in [1.29, 1.82) is 5.26 Å². The lowest BCUT2D eigenvalue weighted by Crippen LogP contribution is -2.13. The van der Waals surface area contributed by atoms with Crippen LogP contribution in [0.3, 0.4) is 0 Å². The molecule has 0 aliphatic rings. The number of aliphatic carboxylic acids is 1. The van der Waals surface area contributed by atoms with E-state index in [9.17, 15) is 19.2 Å². The summed E-state index contributed by atoms with van der Waals surface area (Å²) < 4.78 is 15.1. The van der Waals surface area contributed by atoms with Gasteiger partial charge in [-0.2, -0.15) is 5.26 Å². The molecule has 3 aromatic rings. The van der Waals surface area contributed by atoms with Gasteiger partial charge in [-0.25, -0.2) is 4.39 Å². The number of aromatic nitrogens is 1. The van der Waals surface area contributed by atoms with E-state index in [0.717, 1.165) is 0 Å². The van der Waals surface area contributed by atoms with Crippen molar-refractivity contribution in [3.05, 3.63) is 71.7 Å². The first-order valence-corrected chi connectivity index (χ1v) is 7.96. The smallest absolute Gasteiger partial charge is 0.323 e. The van der Waals surface area contributed by atoms with Crippen LogP contribution in [0, 0.1) is 17.1 Å². The molecule has 0 radical (unpaired) electrons. The first-order valence-electron chi connectivity index (χ1n) is 7.96. The van der Waals surface area contributed by atoms with Crippen molar-refractivity contribution in [2.24, 2.45) is 0 Å². The molecule has 6 nitrogen and oxygen atoms in total. The van der Waals surface area contributed by atoms with Gasteiger partial charge in [-0.3, -0.25) is 9.59 Å². The number of anilines is 1. The number of hydrogen-bond acceptors (Lipinski definition) is 3. The summed E-state index contributed by atoms with van der Waals surface area (Å²) in [4.78, 5) is 23.4. The van der Waals surface area contributed by atoms with E-state index in [4.69, 9.17) is 5.11 Å². The van der Waals surface area contributed by atoms with Crippen LogP contribution in [0.1, 0.15) is 5.56 Å². The van der Waals surface area contributed by atoms with E-state index in [-0.39, 0.29) is 12.1 Å². The molecule has 27 heavy (non-hydrogen) atoms. The highest BCUT2D eigenvalue weighted by atomic mass is 19.1. The van der Waals surface area contributed by atoms with Gasteiger partial charge in [-0.1, -0.05) is 18.2 Å². The lowest BCUT2D eigenvalue weighted by atomic mass is 10.1. The van der Waals surface area contributed by atoms with E-state index in [0.29, 0.717) is 22.2 Å². The number of nitrogens with zero attached hydrogens (tertiary/aromatic N) is 2. The molecule has 7 heteroatoms. The van der Waals surface area contributed by atoms with Gasteiger partial charge in [-0.15, -0.1) is 0 Å². The highest BCUT2D eigenvalue weighted by molar-refractivity contribution is 6.10. The quantitative estimate of drug-likeness (QED) is 0.536. The van der Waals surface area contributed by atoms with Crippen LogP contribution >= 0.6 is 0 Å². The Morgan fingerprint density at radius 3 is 2.63 bits per heavy atom. The molecule has 1 amide bonds. The highest BCUT2D eigenvalue weighted by Gasteiger charge is 2.14. The third kappa shape index (κ3) is 4.02. The number of nitrogens with one attached hydrogen (secondary N) is 1. The number of carboxylic acid groups (broad SMARTS) is 1. The molecule has 2 aromatic carbocycles. The van der Waals surface area contributed by atoms with E-state index in [1.807, 2.05) is 6.07 Å². The zero-order chi connectivity index (χ0) is 19.4. The Labute approximate surface area is 153 Å². The number of amides is 1. The fourth-order valence-corrected chi connectivity index (χ4v) is 2.71. The topological polar surface area (TPSA) is 95.1 Å². The summed E-state index contributed by atoms with van der Waals surface area (Å²) in [6, 6.07) is 14.4. The maximum Gasteiger partial charge on any atom is 0.323 e. The molecule has 1 heterocycles. The standard InChI is InChI=1S/C20H14FN3O3/c21-15-6-7-18-17(9-15)14(11-24(18)12-19(25)26)8-13(10-22)20(27)23-16-4-2-1-3-5-16/h1-9,11H,12H2,(H,23,27)(H,25,26). The summed E-state index contributed by atoms with van der Waals surface area (Å²) in [5.41, 5.74) is 1.22. The van der Waals surface area contributed by atoms with Gasteiger partial charge in [0.1, 0.15) is 24.0 Å². The minimum absolute atomic E-state index is 0.183. The zero-order valence-electron chi connectivity index (χ0n) is 14.0. The van der Waals surface area contributed by atoms with Gasteiger partial charge >= 0.3 is 5.97 Å². The van der Waals surface area contributed by atoms with Gasteiger partial charge in [0, 0.05) is 28.4 Å². The van der Waals surface area contributed by atoms with Gasteiger partial charge in [0.15, 0.2) is 0 Å². The van der Waals surface area contributed by atoms with Crippen molar-refractivity contribution in [2.45, 2.75) is 6.54 Å². The summed E-state index contributed by atoms with van der Waals surface area (Å²) in [5.74, 6) is -2.18. The van der Waals surface area contributed by atoms with Gasteiger partial charge in [0.25, 0.3) is 5.91 Å². The second kappa shape index (κ2) is 7.54. The molecule has 0 unspecified atom stereocenters. The second-order valence-electron chi connectivity index (χ2n) is 5.76. The van der Waals surface area contributed by atoms with Gasteiger partial charge in [-0.05, 0) is 36.4 Å². The van der Waals surface area contributed by atoms with Crippen molar-refractivity contribution >= 4 is 34.5 Å². The number of nitriles is 1. The van der Waals surface area contributed by atoms with E-state index in [1.165, 1.54) is 35.0 Å². The van der Waals surface area contributed by atoms with Gasteiger partial charge < -0.3 is 15.0 Å². The third-order valence-corrected chi connectivity index (χ3v) is 3.88. The first-order chi connectivity index (χ1) is 13.0. The molecule has 1 aromatic heterocycles. The summed E-state index contributed by atoms with van der Waals surface area (Å²) >= 11 is 0. The van der Waals surface area contributed by atoms with Crippen molar-refractivity contribution in [1.82, 2.24) is 4.57 Å². The number of para-hydroxylation sites is 1. The Kier molecular flexibility index (Phi) is 4.99. The average molecular weight is 363 g/mol. The number of benzene rings is 2. The molecule has 0 aliphatic heterocycles. The van der Waals surface area contributed by atoms with Gasteiger partial charge in [0.05, 0.1) is 0 Å². The largest absolute Gasteiger partial charge is 0.480 e. The fraction of sp³-hybridized carbons (Fsp3) is 0.0500. The SMILES string of the molecule is N#CC(=Cc1cn(CC(=O)O)c2ccc(F)cc12)C(=O)Nc1ccccc1. The number of halogens is 1. The normalized spacial score (nSPS) is 11.2. The monoisotopic (exact) mass is 363 g/mol. The Bertz CT molecular complexity index is 1090. The van der Waals surface area contributed by atoms with Gasteiger partial charge in [0.2, 0.25) is 0 Å². The average Bonchev–Trinajstić information content (AvgIpc) is 2.96. The Balaban J connectivity index is 2.02. The highest BCUT2D eigenvalue weighted by Crippen LogP contribution is 2.25. The molecule has 134 valence electrons. The van der Waals surface area contributed by atoms with Crippen LogP contribution in [0.5, 0.6) is 0 Å². The number of rotatable bonds is 5. The van der Waals surface area contributed by atoms with Crippen LogP contribution in [-0.2, 0) is 16.1 Å². The third-order valence-electron chi connectivity index (χ3n) is 3.88. The molecule has 0 atom stereocenters. The van der Waals surface area contributed by atoms with E-state index in [2.05, 4.69) is 5.32 Å². The summed E-state index contributed by atoms with van der Waals surface area (Å²) in [5, 5.41) is 21.4. The van der Waals surface area contributed by atoms with E-state index >= 15 is 0 Å². The predicted molar refractivity (Wildman–Crippen MR) is 98.2 cm³/mol. The molecule has 0 saturated carbocycles. The maximum atomic E-state index is 13.7. The summed E-state index contributed by atoms with van der Waals surface area (Å²) in [6.07, 6.45) is 2.80. The van der Waals surface area contributed by atoms with Crippen molar-refractivity contribution in [2.75, 3.05) is 5.32 Å². The number of hydrogen-bond donors (Lipinski definition) is 2. The zero-order valence-corrected chi connectivity index (χ0v) is 14.0. The molecular formula is C20H14FN3O3. The summed E-state index contributed by atoms with van der Waals surface area (Å²) in [6.45, 7) is -0.325. The minimum atomic E-state index is -1.06. The predicted octanol–water partition coefficient (Wildman–Crippen LogP) is 3.41. The molecular weight excluding hydrogens is 349 g/mol. The fourth-order valence-electron chi connectivity index (χ4n) is 2.71. The lowest BCUT2D eigenvalue weighted by molar-refractivity contribution is -0.137. The van der Waals surface area contributed by atoms with Crippen LogP contribution in [0.4, 0.5) is 10.1 Å². The molecule has 0 saturated heterocycles. The minimum Gasteiger partial charge on any atom is -0.480 e. The number of carbonyl (C=O) groups is 2. The van der Waals surface area contributed by atoms with Crippen LogP contribution in [0.15, 0.2) is 60.3 Å². The van der Waals surface area contributed by atoms with E-state index in [1.54, 1.807) is 30.3 Å². The molecule has 2 N–H and O–H groups in total. The molecule has 3 rings (SSSR count). The second-order valence-corrected chi connectivity index (χ2v) is 5.76. The van der Waals surface area contributed by atoms with Crippen LogP contribution < -0.4 is 5.32 Å². The first kappa shape index (κ1) is 17.9. The Morgan fingerprint density at radius 1 is 1.22 bits per heavy atom. The molecule has 0 aliphatic carbocycles.